The van der Waals surface area contributed by atoms with Gasteiger partial charge in [0.05, 0.1) is 26.4 Å². The summed E-state index contributed by atoms with van der Waals surface area (Å²) in [5.74, 6) is -5.07. The van der Waals surface area contributed by atoms with Crippen LogP contribution < -0.4 is 26.6 Å². The van der Waals surface area contributed by atoms with E-state index in [1.807, 2.05) is 24.3 Å². The van der Waals surface area contributed by atoms with Crippen LogP contribution in [0.4, 0.5) is 9.59 Å². The van der Waals surface area contributed by atoms with Crippen molar-refractivity contribution in [2.45, 2.75) is 128 Å². The molecule has 8 N–H and O–H groups in total. The maximum atomic E-state index is 13.5. The fourth-order valence-electron chi connectivity index (χ4n) is 5.94. The lowest BCUT2D eigenvalue weighted by Gasteiger charge is -2.24. The summed E-state index contributed by atoms with van der Waals surface area (Å²) < 4.78 is 16.8. The van der Waals surface area contributed by atoms with E-state index in [0.717, 1.165) is 10.0 Å². The average molecular weight is 1000 g/mol. The summed E-state index contributed by atoms with van der Waals surface area (Å²) in [4.78, 5) is 103. The Labute approximate surface area is 392 Å². The molecule has 0 fully saturated rings. The molecule has 6 amide bonds. The third kappa shape index (κ3) is 29.7. The van der Waals surface area contributed by atoms with Crippen molar-refractivity contribution in [2.75, 3.05) is 52.6 Å². The number of ether oxygens (including phenoxy) is 3. The highest BCUT2D eigenvalue weighted by Gasteiger charge is 2.26. The van der Waals surface area contributed by atoms with Crippen molar-refractivity contribution in [3.8, 4) is 0 Å². The number of azide groups is 1. The first-order chi connectivity index (χ1) is 31.3. The minimum absolute atomic E-state index is 0.0116. The fraction of sp³-hybridized carbons (Fsp3) is 0.667. The number of alkyl carbamates (subject to hydrolysis) is 1. The summed E-state index contributed by atoms with van der Waals surface area (Å²) >= 11 is 3.40. The number of unbranched alkanes of at least 4 members (excludes halogenated alkanes) is 3. The molecule has 0 radical (unpaired) electrons. The van der Waals surface area contributed by atoms with Crippen LogP contribution in [0.1, 0.15) is 103 Å². The number of carboxylic acid groups (broad SMARTS) is 3. The molecule has 23 nitrogen and oxygen atoms in total. The molecule has 0 aromatic heterocycles. The second-order valence-electron chi connectivity index (χ2n) is 16.0. The lowest BCUT2D eigenvalue weighted by molar-refractivity contribution is -0.141. The molecule has 0 bridgehead atoms. The van der Waals surface area contributed by atoms with Gasteiger partial charge in [-0.05, 0) is 102 Å². The van der Waals surface area contributed by atoms with Gasteiger partial charge in [0.25, 0.3) is 0 Å². The predicted molar refractivity (Wildman–Crippen MR) is 242 cm³/mol. The molecule has 1 aromatic carbocycles. The van der Waals surface area contributed by atoms with E-state index >= 15 is 0 Å². The number of carbonyl (C=O) groups excluding carboxylic acids is 5. The largest absolute Gasteiger partial charge is 0.481 e. The Morgan fingerprint density at radius 1 is 0.727 bits per heavy atom. The van der Waals surface area contributed by atoms with Gasteiger partial charge in [0, 0.05) is 61.4 Å². The van der Waals surface area contributed by atoms with Gasteiger partial charge >= 0.3 is 30.0 Å². The van der Waals surface area contributed by atoms with Gasteiger partial charge in [0.1, 0.15) is 23.7 Å². The van der Waals surface area contributed by atoms with Crippen LogP contribution in [0.15, 0.2) is 33.9 Å². The molecule has 0 aliphatic carbocycles. The Kier molecular flexibility index (Phi) is 29.8. The number of hydrogen-bond donors (Lipinski definition) is 8. The zero-order valence-corrected chi connectivity index (χ0v) is 39.5. The van der Waals surface area contributed by atoms with Crippen molar-refractivity contribution in [2.24, 2.45) is 5.11 Å². The van der Waals surface area contributed by atoms with Crippen molar-refractivity contribution in [1.29, 1.82) is 0 Å². The maximum Gasteiger partial charge on any atom is 0.407 e. The quantitative estimate of drug-likeness (QED) is 0.0204. The van der Waals surface area contributed by atoms with Crippen LogP contribution in [0.5, 0.6) is 0 Å². The average Bonchev–Trinajstić information content (AvgIpc) is 3.24. The van der Waals surface area contributed by atoms with E-state index < -0.39 is 78.4 Å². The highest BCUT2D eigenvalue weighted by atomic mass is 79.9. The second kappa shape index (κ2) is 33.7. The highest BCUT2D eigenvalue weighted by molar-refractivity contribution is 9.10. The van der Waals surface area contributed by atoms with Crippen molar-refractivity contribution < 1.29 is 67.9 Å². The number of benzene rings is 1. The summed E-state index contributed by atoms with van der Waals surface area (Å²) in [6, 6.07) is 2.53. The molecule has 0 spiro atoms. The van der Waals surface area contributed by atoms with Crippen LogP contribution in [0, 0.1) is 0 Å². The fourth-order valence-corrected chi connectivity index (χ4v) is 6.20. The van der Waals surface area contributed by atoms with Gasteiger partial charge < -0.3 is 61.0 Å². The van der Waals surface area contributed by atoms with Crippen LogP contribution in [-0.4, -0.2) is 144 Å². The minimum atomic E-state index is -1.54. The number of carboxylic acids is 3. The Morgan fingerprint density at radius 2 is 1.32 bits per heavy atom. The summed E-state index contributed by atoms with van der Waals surface area (Å²) in [5, 5.41) is 43.8. The first-order valence-electron chi connectivity index (χ1n) is 21.8. The summed E-state index contributed by atoms with van der Waals surface area (Å²) in [6.45, 7) is 7.29. The molecule has 370 valence electrons. The number of nitrogens with zero attached hydrogens (tertiary/aromatic N) is 4. The van der Waals surface area contributed by atoms with E-state index in [1.165, 1.54) is 0 Å². The second-order valence-corrected chi connectivity index (χ2v) is 16.9. The summed E-state index contributed by atoms with van der Waals surface area (Å²) in [6.07, 6.45) is 1.41. The van der Waals surface area contributed by atoms with Gasteiger partial charge in [-0.3, -0.25) is 19.2 Å². The molecule has 0 saturated carbocycles. The third-order valence-corrected chi connectivity index (χ3v) is 9.79. The van der Waals surface area contributed by atoms with Gasteiger partial charge in [0.2, 0.25) is 17.7 Å². The van der Waals surface area contributed by atoms with Gasteiger partial charge in [-0.2, -0.15) is 0 Å². The first-order valence-corrected chi connectivity index (χ1v) is 22.6. The molecule has 0 heterocycles. The molecular weight excluding hydrogens is 934 g/mol. The first kappa shape index (κ1) is 58.3. The molecule has 1 aromatic rings. The molecule has 3 atom stereocenters. The molecule has 0 aliphatic rings. The zero-order valence-electron chi connectivity index (χ0n) is 37.9. The number of amides is 6. The van der Waals surface area contributed by atoms with Crippen molar-refractivity contribution >= 4 is 63.7 Å². The summed E-state index contributed by atoms with van der Waals surface area (Å²) in [5.41, 5.74) is 8.50. The maximum absolute atomic E-state index is 13.5. The zero-order chi connectivity index (χ0) is 49.3. The van der Waals surface area contributed by atoms with Crippen LogP contribution in [0.2, 0.25) is 0 Å². The van der Waals surface area contributed by atoms with E-state index in [0.29, 0.717) is 38.6 Å². The van der Waals surface area contributed by atoms with E-state index in [9.17, 15) is 48.6 Å². The molecule has 24 heteroatoms. The number of urea groups is 1. The molecule has 3 unspecified atom stereocenters. The Bertz CT molecular complexity index is 1740. The van der Waals surface area contributed by atoms with Crippen molar-refractivity contribution in [3.63, 3.8) is 0 Å². The Balaban J connectivity index is 2.77. The van der Waals surface area contributed by atoms with Crippen LogP contribution in [0.25, 0.3) is 10.4 Å². The monoisotopic (exact) mass is 999 g/mol. The van der Waals surface area contributed by atoms with E-state index in [1.54, 1.807) is 25.7 Å². The van der Waals surface area contributed by atoms with Crippen LogP contribution in [-0.2, 0) is 49.5 Å². The van der Waals surface area contributed by atoms with Gasteiger partial charge in [-0.25, -0.2) is 19.2 Å². The summed E-state index contributed by atoms with van der Waals surface area (Å²) in [7, 11) is 0. The number of carbonyl (C=O) groups is 8. The van der Waals surface area contributed by atoms with E-state index in [-0.39, 0.29) is 90.6 Å². The van der Waals surface area contributed by atoms with Crippen LogP contribution >= 0.6 is 15.9 Å². The number of rotatable bonds is 35. The Hall–Kier alpha value is -5.71. The molecule has 1 rings (SSSR count). The minimum Gasteiger partial charge on any atom is -0.481 e. The van der Waals surface area contributed by atoms with E-state index in [2.05, 4.69) is 52.5 Å². The Morgan fingerprint density at radius 3 is 1.94 bits per heavy atom. The van der Waals surface area contributed by atoms with E-state index in [4.69, 9.17) is 24.8 Å². The number of nitrogens with one attached hydrogen (secondary N) is 5. The predicted octanol–water partition coefficient (Wildman–Crippen LogP) is 4.22. The normalized spacial score (nSPS) is 12.3. The third-order valence-electron chi connectivity index (χ3n) is 9.26. The van der Waals surface area contributed by atoms with Crippen molar-refractivity contribution in [1.82, 2.24) is 31.5 Å². The smallest absolute Gasteiger partial charge is 0.407 e. The molecule has 66 heavy (non-hydrogen) atoms. The van der Waals surface area contributed by atoms with Crippen LogP contribution in [0.3, 0.4) is 0 Å². The molecule has 0 aliphatic heterocycles. The SMILES string of the molecule is CC(C)(C)OC(=O)NCCCCC(NC(=O)CCOCCOCCN=[N+]=[N-])C(=O)NCCCCC(=O)N(CCCCC(NC(=O)NC(CCC(=O)O)C(=O)O)C(=O)O)Cc1ccc(Br)cc1. The highest BCUT2D eigenvalue weighted by Crippen LogP contribution is 2.15. The van der Waals surface area contributed by atoms with Crippen molar-refractivity contribution in [3.05, 3.63) is 44.7 Å². The standard InChI is InChI=1S/C42H66BrN9O14/c1-42(2,3)66-41(63)46-21-7-4-10-31(48-34(53)19-24-64-26-27-65-25-22-47-51-44)37(57)45-20-8-5-12-35(54)52(28-29-13-15-30(43)16-14-29)23-9-6-11-32(38(58)59)49-40(62)50-33(39(60)61)17-18-36(55)56/h13-16,31-33H,4-12,17-28H2,1-3H3,(H,45,57)(H,46,63)(H,48,53)(H,55,56)(H,58,59)(H,60,61)(H2,49,50,62). The number of aliphatic carboxylic acids is 3. The topological polar surface area (TPSA) is 337 Å². The van der Waals surface area contributed by atoms with Gasteiger partial charge in [0.15, 0.2) is 0 Å². The number of hydrogen-bond acceptors (Lipinski definition) is 12. The lowest BCUT2D eigenvalue weighted by atomic mass is 10.1. The van der Waals surface area contributed by atoms with Gasteiger partial charge in [-0.15, -0.1) is 0 Å². The molecular formula is C42H66BrN9O14. The molecule has 0 saturated heterocycles. The lowest BCUT2D eigenvalue weighted by Crippen LogP contribution is -2.51. The number of halogens is 1. The van der Waals surface area contributed by atoms with Gasteiger partial charge in [-0.1, -0.05) is 33.2 Å².